The van der Waals surface area contributed by atoms with E-state index in [-0.39, 0.29) is 12.8 Å². The van der Waals surface area contributed by atoms with Gasteiger partial charge in [-0.3, -0.25) is 27.7 Å². The van der Waals surface area contributed by atoms with Gasteiger partial charge in [0.15, 0.2) is 6.10 Å². The molecule has 0 radical (unpaired) electrons. The fourth-order valence-corrected chi connectivity index (χ4v) is 8.53. The Balaban J connectivity index is 2.81. The maximum absolute atomic E-state index is 13.0. The highest BCUT2D eigenvalue weighted by atomic mass is 32.1. The smallest absolute Gasteiger partial charge is 0.462 e. The lowest BCUT2D eigenvalue weighted by atomic mass is 9.85. The SMILES string of the molecule is CCCCCCCCCCCCCCCC(=O)O[C@H](COC(=O)CCCCCCCCS)COP(=O)(O)OC1C(O)[C@@H](OP(=O)(O)O)C(OP(=O)(O)O)[C@@H](O)[C@H]1O. The largest absolute Gasteiger partial charge is 0.472 e. The van der Waals surface area contributed by atoms with Crippen molar-refractivity contribution in [1.29, 1.82) is 0 Å². The summed E-state index contributed by atoms with van der Waals surface area (Å²) in [6, 6.07) is 0. The van der Waals surface area contributed by atoms with Crippen molar-refractivity contribution in [2.24, 2.45) is 0 Å². The molecule has 0 bridgehead atoms. The number of thiol groups is 1. The van der Waals surface area contributed by atoms with E-state index in [9.17, 15) is 63.1 Å². The van der Waals surface area contributed by atoms with Gasteiger partial charge >= 0.3 is 35.4 Å². The van der Waals surface area contributed by atoms with Gasteiger partial charge < -0.3 is 49.3 Å². The molecule has 4 unspecified atom stereocenters. The number of unbranched alkanes of at least 4 members (excludes halogenated alkanes) is 17. The minimum atomic E-state index is -5.59. The van der Waals surface area contributed by atoms with Crippen LogP contribution in [0.2, 0.25) is 0 Å². The molecule has 1 fully saturated rings. The second-order valence-corrected chi connectivity index (χ2v) is 18.5. The van der Waals surface area contributed by atoms with Crippen LogP contribution < -0.4 is 0 Å². The molecule has 0 aliphatic heterocycles. The average Bonchev–Trinajstić information content (AvgIpc) is 3.12. The number of hydrogen-bond donors (Lipinski definition) is 9. The maximum atomic E-state index is 13.0. The van der Waals surface area contributed by atoms with Gasteiger partial charge in [-0.1, -0.05) is 110 Å². The fourth-order valence-electron chi connectivity index (χ4n) is 6.21. The van der Waals surface area contributed by atoms with Crippen molar-refractivity contribution < 1.29 is 90.6 Å². The standard InChI is InChI=1S/C34H67O19P3S/c1-2-3-4-5-6-7-8-9-10-11-12-16-19-22-28(36)50-26(24-48-27(35)21-18-15-13-14-17-20-23-57)25-49-56(46,47)53-32-29(37)30(38)33(51-54(40,41)42)34(31(32)39)52-55(43,44)45/h26,29-34,37-39,57H,2-25H2,1H3,(H,46,47)(H2,40,41,42)(H2,43,44,45)/t26-,29-,30+,31?,32?,33?,34-/m1/s1. The number of phosphoric acid groups is 3. The van der Waals surface area contributed by atoms with Gasteiger partial charge in [-0.2, -0.15) is 12.6 Å². The summed E-state index contributed by atoms with van der Waals surface area (Å²) < 4.78 is 65.0. The van der Waals surface area contributed by atoms with Crippen LogP contribution in [0.4, 0.5) is 0 Å². The molecular formula is C34H67O19P3S. The van der Waals surface area contributed by atoms with Crippen LogP contribution in [0.25, 0.3) is 0 Å². The number of hydrogen-bond acceptors (Lipinski definition) is 15. The Morgan fingerprint density at radius 2 is 0.947 bits per heavy atom. The molecule has 8 N–H and O–H groups in total. The highest BCUT2D eigenvalue weighted by Crippen LogP contribution is 2.51. The zero-order valence-corrected chi connectivity index (χ0v) is 36.4. The van der Waals surface area contributed by atoms with E-state index in [1.165, 1.54) is 44.9 Å². The Morgan fingerprint density at radius 3 is 1.40 bits per heavy atom. The number of aliphatic hydroxyl groups is 3. The van der Waals surface area contributed by atoms with Gasteiger partial charge in [0, 0.05) is 12.8 Å². The Hall–Kier alpha value is -0.500. The highest BCUT2D eigenvalue weighted by Gasteiger charge is 2.56. The number of ether oxygens (including phenoxy) is 2. The lowest BCUT2D eigenvalue weighted by Crippen LogP contribution is -2.65. The van der Waals surface area contributed by atoms with Gasteiger partial charge in [0.1, 0.15) is 43.2 Å². The van der Waals surface area contributed by atoms with Crippen LogP contribution in [0.3, 0.4) is 0 Å². The number of phosphoric ester groups is 3. The highest BCUT2D eigenvalue weighted by molar-refractivity contribution is 7.80. The van der Waals surface area contributed by atoms with Crippen molar-refractivity contribution in [3.05, 3.63) is 0 Å². The molecule has 0 aromatic heterocycles. The van der Waals surface area contributed by atoms with E-state index in [1.807, 2.05) is 0 Å². The third-order valence-electron chi connectivity index (χ3n) is 9.22. The summed E-state index contributed by atoms with van der Waals surface area (Å²) in [4.78, 5) is 72.6. The molecule has 0 aromatic rings. The molecule has 0 saturated heterocycles. The number of aliphatic hydroxyl groups excluding tert-OH is 3. The van der Waals surface area contributed by atoms with Gasteiger partial charge in [-0.15, -0.1) is 0 Å². The monoisotopic (exact) mass is 904 g/mol. The Kier molecular flexibility index (Phi) is 28.4. The molecule has 0 spiro atoms. The maximum Gasteiger partial charge on any atom is 0.472 e. The molecule has 0 heterocycles. The Bertz CT molecular complexity index is 1250. The minimum Gasteiger partial charge on any atom is -0.462 e. The van der Waals surface area contributed by atoms with E-state index >= 15 is 0 Å². The number of rotatable bonds is 34. The van der Waals surface area contributed by atoms with E-state index in [0.29, 0.717) is 12.8 Å². The normalized spacial score (nSPS) is 23.2. The van der Waals surface area contributed by atoms with E-state index < -0.39 is 91.3 Å². The summed E-state index contributed by atoms with van der Waals surface area (Å²) in [6.45, 7) is 0.714. The molecule has 57 heavy (non-hydrogen) atoms. The first-order valence-corrected chi connectivity index (χ1v) is 25.1. The summed E-state index contributed by atoms with van der Waals surface area (Å²) in [5, 5.41) is 31.7. The van der Waals surface area contributed by atoms with E-state index in [4.69, 9.17) is 18.5 Å². The lowest BCUT2D eigenvalue weighted by molar-refractivity contribution is -0.213. The summed E-state index contributed by atoms with van der Waals surface area (Å²) in [6.07, 6.45) is 3.30. The molecule has 338 valence electrons. The van der Waals surface area contributed by atoms with Gasteiger partial charge in [-0.05, 0) is 25.0 Å². The summed E-state index contributed by atoms with van der Waals surface area (Å²) in [5.74, 6) is -0.511. The van der Waals surface area contributed by atoms with E-state index in [0.717, 1.165) is 70.0 Å². The van der Waals surface area contributed by atoms with Crippen molar-refractivity contribution in [1.82, 2.24) is 0 Å². The third kappa shape index (κ3) is 26.4. The predicted molar refractivity (Wildman–Crippen MR) is 210 cm³/mol. The third-order valence-corrected chi connectivity index (χ3v) is 11.6. The molecule has 1 aliphatic rings. The van der Waals surface area contributed by atoms with Crippen LogP contribution in [0.5, 0.6) is 0 Å². The minimum absolute atomic E-state index is 0.000133. The van der Waals surface area contributed by atoms with Gasteiger partial charge in [0.05, 0.1) is 6.61 Å². The van der Waals surface area contributed by atoms with Gasteiger partial charge in [0.25, 0.3) is 0 Å². The average molecular weight is 905 g/mol. The predicted octanol–water partition coefficient (Wildman–Crippen LogP) is 5.14. The van der Waals surface area contributed by atoms with Crippen LogP contribution in [0, 0.1) is 0 Å². The van der Waals surface area contributed by atoms with Crippen molar-refractivity contribution in [2.75, 3.05) is 19.0 Å². The lowest BCUT2D eigenvalue weighted by Gasteiger charge is -2.44. The fraction of sp³-hybridized carbons (Fsp3) is 0.941. The molecule has 23 heteroatoms. The number of carbonyl (C=O) groups excluding carboxylic acids is 2. The molecule has 8 atom stereocenters. The summed E-state index contributed by atoms with van der Waals surface area (Å²) in [7, 11) is -16.6. The Labute approximate surface area is 341 Å². The topological polar surface area (TPSA) is 303 Å². The van der Waals surface area contributed by atoms with Crippen molar-refractivity contribution in [3.63, 3.8) is 0 Å². The van der Waals surface area contributed by atoms with Crippen LogP contribution in [0.15, 0.2) is 0 Å². The van der Waals surface area contributed by atoms with Crippen molar-refractivity contribution in [2.45, 2.75) is 184 Å². The van der Waals surface area contributed by atoms with Crippen LogP contribution >= 0.6 is 36.1 Å². The first-order chi connectivity index (χ1) is 26.8. The van der Waals surface area contributed by atoms with Crippen LogP contribution in [-0.4, -0.2) is 113 Å². The van der Waals surface area contributed by atoms with Crippen molar-refractivity contribution in [3.8, 4) is 0 Å². The molecule has 19 nitrogen and oxygen atoms in total. The van der Waals surface area contributed by atoms with Crippen LogP contribution in [-0.2, 0) is 50.9 Å². The van der Waals surface area contributed by atoms with E-state index in [1.54, 1.807) is 0 Å². The zero-order chi connectivity index (χ0) is 42.9. The molecule has 1 aliphatic carbocycles. The second kappa shape index (κ2) is 29.7. The molecule has 0 amide bonds. The first kappa shape index (κ1) is 54.5. The molecule has 0 aromatic carbocycles. The molecule has 1 saturated carbocycles. The number of esters is 2. The van der Waals surface area contributed by atoms with Gasteiger partial charge in [0.2, 0.25) is 0 Å². The summed E-state index contributed by atoms with van der Waals surface area (Å²) in [5.41, 5.74) is 0. The Morgan fingerprint density at radius 1 is 0.544 bits per heavy atom. The quantitative estimate of drug-likeness (QED) is 0.0175. The summed E-state index contributed by atoms with van der Waals surface area (Å²) >= 11 is 4.18. The molecular weight excluding hydrogens is 837 g/mol. The number of carbonyl (C=O) groups is 2. The van der Waals surface area contributed by atoms with Crippen LogP contribution in [0.1, 0.15) is 142 Å². The zero-order valence-electron chi connectivity index (χ0n) is 32.9. The van der Waals surface area contributed by atoms with Crippen molar-refractivity contribution >= 4 is 48.0 Å². The van der Waals surface area contributed by atoms with E-state index in [2.05, 4.69) is 28.6 Å². The first-order valence-electron chi connectivity index (χ1n) is 19.9. The van der Waals surface area contributed by atoms with Gasteiger partial charge in [-0.25, -0.2) is 13.7 Å². The second-order valence-electron chi connectivity index (χ2n) is 14.3. The molecule has 1 rings (SSSR count).